The number of hydrogen-bond acceptors (Lipinski definition) is 5. The number of ketones is 1. The molecule has 1 aliphatic heterocycles. The largest absolute Gasteiger partial charge is 0.507 e. The van der Waals surface area contributed by atoms with Gasteiger partial charge in [-0.25, -0.2) is 0 Å². The van der Waals surface area contributed by atoms with E-state index in [1.165, 1.54) is 0 Å². The summed E-state index contributed by atoms with van der Waals surface area (Å²) in [5, 5.41) is 11.1. The Kier molecular flexibility index (Phi) is 7.70. The van der Waals surface area contributed by atoms with Crippen molar-refractivity contribution in [2.24, 2.45) is 0 Å². The van der Waals surface area contributed by atoms with Crippen LogP contribution in [-0.2, 0) is 14.3 Å². The molecule has 170 valence electrons. The molecule has 6 heteroatoms. The molecule has 0 aliphatic carbocycles. The highest BCUT2D eigenvalue weighted by molar-refractivity contribution is 6.46. The van der Waals surface area contributed by atoms with Crippen LogP contribution in [0.1, 0.15) is 49.9 Å². The molecule has 1 N–H and O–H groups in total. The van der Waals surface area contributed by atoms with Gasteiger partial charge in [0.15, 0.2) is 0 Å². The number of Topliss-reactive ketones (excluding diaryl/α,β-unsaturated/α-hetero) is 1. The molecule has 2 aromatic carbocycles. The van der Waals surface area contributed by atoms with Crippen molar-refractivity contribution in [2.75, 3.05) is 19.8 Å². The lowest BCUT2D eigenvalue weighted by Gasteiger charge is -2.26. The van der Waals surface area contributed by atoms with Crippen LogP contribution < -0.4 is 4.74 Å². The van der Waals surface area contributed by atoms with Gasteiger partial charge in [-0.15, -0.1) is 0 Å². The summed E-state index contributed by atoms with van der Waals surface area (Å²) < 4.78 is 11.1. The van der Waals surface area contributed by atoms with E-state index in [0.717, 1.165) is 11.1 Å². The van der Waals surface area contributed by atoms with Crippen molar-refractivity contribution >= 4 is 17.4 Å². The quantitative estimate of drug-likeness (QED) is 0.268. The summed E-state index contributed by atoms with van der Waals surface area (Å²) in [5.41, 5.74) is 2.34. The maximum Gasteiger partial charge on any atom is 0.295 e. The lowest BCUT2D eigenvalue weighted by molar-refractivity contribution is -0.140. The van der Waals surface area contributed by atoms with E-state index in [0.29, 0.717) is 37.5 Å². The van der Waals surface area contributed by atoms with E-state index in [1.54, 1.807) is 29.2 Å². The standard InChI is InChI=1S/C26H31NO5/c1-5-31-20-13-11-19(12-14-20)24(28)22-23(21-10-7-6-9-18(21)4)27(26(30)25(22)29)15-8-16-32-17(2)3/h6-7,9-14,17,23,28H,5,8,15-16H2,1-4H3/b24-22-. The van der Waals surface area contributed by atoms with Crippen LogP contribution in [0.5, 0.6) is 5.75 Å². The van der Waals surface area contributed by atoms with E-state index in [-0.39, 0.29) is 17.4 Å². The number of aliphatic hydroxyl groups is 1. The number of aliphatic hydroxyl groups excluding tert-OH is 1. The molecule has 0 saturated carbocycles. The molecule has 0 bridgehead atoms. The summed E-state index contributed by atoms with van der Waals surface area (Å²) in [6.07, 6.45) is 0.689. The van der Waals surface area contributed by atoms with Gasteiger partial charge in [-0.3, -0.25) is 9.59 Å². The first-order valence-electron chi connectivity index (χ1n) is 11.0. The average Bonchev–Trinajstić information content (AvgIpc) is 3.02. The molecule has 0 spiro atoms. The monoisotopic (exact) mass is 437 g/mol. The lowest BCUT2D eigenvalue weighted by atomic mass is 9.92. The summed E-state index contributed by atoms with van der Waals surface area (Å²) in [6.45, 7) is 9.12. The molecular formula is C26H31NO5. The maximum atomic E-state index is 13.1. The SMILES string of the molecule is CCOc1ccc(/C(O)=C2/C(=O)C(=O)N(CCCOC(C)C)C2c2ccccc2C)cc1. The fraction of sp³-hybridized carbons (Fsp3) is 0.385. The number of aryl methyl sites for hydroxylation is 1. The van der Waals surface area contributed by atoms with Crippen molar-refractivity contribution in [3.8, 4) is 5.75 Å². The topological polar surface area (TPSA) is 76.1 Å². The molecule has 1 aliphatic rings. The molecule has 1 saturated heterocycles. The van der Waals surface area contributed by atoms with Gasteiger partial charge in [-0.1, -0.05) is 24.3 Å². The fourth-order valence-corrected chi connectivity index (χ4v) is 3.91. The van der Waals surface area contributed by atoms with Crippen LogP contribution >= 0.6 is 0 Å². The van der Waals surface area contributed by atoms with Crippen molar-refractivity contribution in [1.29, 1.82) is 0 Å². The van der Waals surface area contributed by atoms with E-state index >= 15 is 0 Å². The summed E-state index contributed by atoms with van der Waals surface area (Å²) >= 11 is 0. The maximum absolute atomic E-state index is 13.1. The average molecular weight is 438 g/mol. The molecular weight excluding hydrogens is 406 g/mol. The zero-order chi connectivity index (χ0) is 23.3. The second kappa shape index (κ2) is 10.5. The number of likely N-dealkylation sites (tertiary alicyclic amines) is 1. The van der Waals surface area contributed by atoms with E-state index in [4.69, 9.17) is 9.47 Å². The lowest BCUT2D eigenvalue weighted by Crippen LogP contribution is -2.31. The summed E-state index contributed by atoms with van der Waals surface area (Å²) in [5.74, 6) is -0.782. The van der Waals surface area contributed by atoms with Gasteiger partial charge in [0.2, 0.25) is 0 Å². The molecule has 3 rings (SSSR count). The molecule has 6 nitrogen and oxygen atoms in total. The Morgan fingerprint density at radius 2 is 1.78 bits per heavy atom. The Labute approximate surface area is 189 Å². The molecule has 1 fully saturated rings. The Balaban J connectivity index is 2.02. The number of carbonyl (C=O) groups is 2. The highest BCUT2D eigenvalue weighted by atomic mass is 16.5. The van der Waals surface area contributed by atoms with Gasteiger partial charge in [0, 0.05) is 18.7 Å². The van der Waals surface area contributed by atoms with Crippen LogP contribution in [0.2, 0.25) is 0 Å². The minimum atomic E-state index is -0.672. The summed E-state index contributed by atoms with van der Waals surface area (Å²) in [4.78, 5) is 27.6. The van der Waals surface area contributed by atoms with Crippen LogP contribution in [0.25, 0.3) is 5.76 Å². The second-order valence-electron chi connectivity index (χ2n) is 8.08. The van der Waals surface area contributed by atoms with E-state index in [9.17, 15) is 14.7 Å². The van der Waals surface area contributed by atoms with Crippen LogP contribution in [0, 0.1) is 6.92 Å². The second-order valence-corrected chi connectivity index (χ2v) is 8.08. The van der Waals surface area contributed by atoms with Crippen LogP contribution in [-0.4, -0.2) is 47.6 Å². The van der Waals surface area contributed by atoms with Crippen molar-refractivity contribution in [3.05, 3.63) is 70.8 Å². The summed E-state index contributed by atoms with van der Waals surface area (Å²) in [7, 11) is 0. The third kappa shape index (κ3) is 5.02. The minimum Gasteiger partial charge on any atom is -0.507 e. The molecule has 2 aromatic rings. The van der Waals surface area contributed by atoms with Gasteiger partial charge < -0.3 is 19.5 Å². The van der Waals surface area contributed by atoms with Crippen molar-refractivity contribution in [1.82, 2.24) is 4.90 Å². The van der Waals surface area contributed by atoms with E-state index in [1.807, 2.05) is 52.0 Å². The number of nitrogens with zero attached hydrogens (tertiary/aromatic N) is 1. The predicted molar refractivity (Wildman–Crippen MR) is 124 cm³/mol. The van der Waals surface area contributed by atoms with E-state index in [2.05, 4.69) is 0 Å². The van der Waals surface area contributed by atoms with Gasteiger partial charge in [0.25, 0.3) is 11.7 Å². The number of amides is 1. The normalized spacial score (nSPS) is 17.9. The first kappa shape index (κ1) is 23.5. The number of benzene rings is 2. The zero-order valence-electron chi connectivity index (χ0n) is 19.1. The van der Waals surface area contributed by atoms with Crippen molar-refractivity contribution in [2.45, 2.75) is 46.3 Å². The number of ether oxygens (including phenoxy) is 2. The van der Waals surface area contributed by atoms with Crippen molar-refractivity contribution < 1.29 is 24.2 Å². The number of hydrogen-bond donors (Lipinski definition) is 1. The molecule has 0 radical (unpaired) electrons. The Hall–Kier alpha value is -3.12. The van der Waals surface area contributed by atoms with Crippen LogP contribution in [0.15, 0.2) is 54.1 Å². The third-order valence-electron chi connectivity index (χ3n) is 5.46. The molecule has 1 heterocycles. The first-order valence-corrected chi connectivity index (χ1v) is 11.0. The Bertz CT molecular complexity index is 994. The molecule has 32 heavy (non-hydrogen) atoms. The third-order valence-corrected chi connectivity index (χ3v) is 5.46. The number of rotatable bonds is 9. The smallest absolute Gasteiger partial charge is 0.295 e. The van der Waals surface area contributed by atoms with Gasteiger partial charge in [-0.2, -0.15) is 0 Å². The van der Waals surface area contributed by atoms with Gasteiger partial charge in [-0.05, 0) is 69.5 Å². The molecule has 0 aromatic heterocycles. The van der Waals surface area contributed by atoms with Gasteiger partial charge >= 0.3 is 0 Å². The minimum absolute atomic E-state index is 0.0947. The molecule has 1 amide bonds. The molecule has 1 unspecified atom stereocenters. The predicted octanol–water partition coefficient (Wildman–Crippen LogP) is 4.63. The van der Waals surface area contributed by atoms with Crippen LogP contribution in [0.3, 0.4) is 0 Å². The van der Waals surface area contributed by atoms with Gasteiger partial charge in [0.05, 0.1) is 24.3 Å². The number of carbonyl (C=O) groups excluding carboxylic acids is 2. The summed E-state index contributed by atoms with van der Waals surface area (Å²) in [6, 6.07) is 13.8. The first-order chi connectivity index (χ1) is 15.3. The van der Waals surface area contributed by atoms with Gasteiger partial charge in [0.1, 0.15) is 11.5 Å². The fourth-order valence-electron chi connectivity index (χ4n) is 3.91. The highest BCUT2D eigenvalue weighted by Crippen LogP contribution is 2.40. The van der Waals surface area contributed by atoms with E-state index < -0.39 is 17.7 Å². The van der Waals surface area contributed by atoms with Crippen LogP contribution in [0.4, 0.5) is 0 Å². The highest BCUT2D eigenvalue weighted by Gasteiger charge is 2.46. The Morgan fingerprint density at radius 3 is 2.41 bits per heavy atom. The zero-order valence-corrected chi connectivity index (χ0v) is 19.1. The van der Waals surface area contributed by atoms with Crippen molar-refractivity contribution in [3.63, 3.8) is 0 Å². The Morgan fingerprint density at radius 1 is 1.09 bits per heavy atom. The molecule has 1 atom stereocenters.